The summed E-state index contributed by atoms with van der Waals surface area (Å²) in [6.07, 6.45) is 7.00. The molecule has 0 aromatic carbocycles. The van der Waals surface area contributed by atoms with Crippen LogP contribution in [-0.2, 0) is 4.79 Å². The molecule has 0 spiro atoms. The van der Waals surface area contributed by atoms with Crippen molar-refractivity contribution in [2.24, 2.45) is 0 Å². The largest absolute Gasteiger partial charge is 0.395 e. The molecule has 112 valence electrons. The second-order valence-electron chi connectivity index (χ2n) is 6.08. The zero-order chi connectivity index (χ0) is 14.6. The molecule has 0 aromatic rings. The third kappa shape index (κ3) is 3.31. The molecule has 5 nitrogen and oxygen atoms in total. The Morgan fingerprint density at radius 1 is 1.35 bits per heavy atom. The minimum Gasteiger partial charge on any atom is -0.395 e. The van der Waals surface area contributed by atoms with Crippen molar-refractivity contribution in [3.8, 4) is 6.07 Å². The van der Waals surface area contributed by atoms with Gasteiger partial charge in [0.15, 0.2) is 0 Å². The van der Waals surface area contributed by atoms with Crippen LogP contribution in [0.5, 0.6) is 0 Å². The molecule has 2 fully saturated rings. The highest BCUT2D eigenvalue weighted by atomic mass is 16.3. The van der Waals surface area contributed by atoms with Crippen molar-refractivity contribution >= 4 is 5.91 Å². The van der Waals surface area contributed by atoms with Crippen LogP contribution in [0.15, 0.2) is 0 Å². The van der Waals surface area contributed by atoms with Gasteiger partial charge in [0.05, 0.1) is 19.2 Å². The average Bonchev–Trinajstić information content (AvgIpc) is 3.31. The van der Waals surface area contributed by atoms with Gasteiger partial charge in [-0.3, -0.25) is 9.69 Å². The van der Waals surface area contributed by atoms with E-state index in [-0.39, 0.29) is 12.5 Å². The molecule has 0 aliphatic heterocycles. The topological polar surface area (TPSA) is 67.6 Å². The number of likely N-dealkylation sites (N-methyl/N-ethyl adjacent to an activating group) is 1. The molecule has 20 heavy (non-hydrogen) atoms. The standard InChI is InChI=1S/C15H25N3O2/c1-17(15(12-16)7-3-2-4-8-15)14(20)11-18(9-10-19)13-5-6-13/h13,19H,2-11H2,1H3. The molecule has 0 radical (unpaired) electrons. The van der Waals surface area contributed by atoms with Crippen LogP contribution in [0, 0.1) is 11.3 Å². The lowest BCUT2D eigenvalue weighted by molar-refractivity contribution is -0.136. The molecule has 2 saturated carbocycles. The van der Waals surface area contributed by atoms with E-state index in [9.17, 15) is 10.1 Å². The molecule has 2 aliphatic rings. The van der Waals surface area contributed by atoms with Crippen LogP contribution in [0.4, 0.5) is 0 Å². The third-order valence-corrected chi connectivity index (χ3v) is 4.69. The highest BCUT2D eigenvalue weighted by molar-refractivity contribution is 5.79. The lowest BCUT2D eigenvalue weighted by atomic mass is 9.81. The van der Waals surface area contributed by atoms with Gasteiger partial charge in [-0.05, 0) is 25.7 Å². The summed E-state index contributed by atoms with van der Waals surface area (Å²) in [6, 6.07) is 2.83. The summed E-state index contributed by atoms with van der Waals surface area (Å²) in [4.78, 5) is 16.2. The van der Waals surface area contributed by atoms with E-state index in [1.54, 1.807) is 11.9 Å². The maximum absolute atomic E-state index is 12.5. The number of amides is 1. The van der Waals surface area contributed by atoms with E-state index in [4.69, 9.17) is 5.11 Å². The molecule has 0 bridgehead atoms. The molecular formula is C15H25N3O2. The van der Waals surface area contributed by atoms with Gasteiger partial charge in [-0.2, -0.15) is 5.26 Å². The first-order valence-electron chi connectivity index (χ1n) is 7.66. The van der Waals surface area contributed by atoms with E-state index in [1.165, 1.54) is 0 Å². The Hall–Kier alpha value is -1.12. The predicted molar refractivity (Wildman–Crippen MR) is 75.9 cm³/mol. The maximum Gasteiger partial charge on any atom is 0.237 e. The van der Waals surface area contributed by atoms with Crippen LogP contribution in [0.25, 0.3) is 0 Å². The number of hydrogen-bond acceptors (Lipinski definition) is 4. The summed E-state index contributed by atoms with van der Waals surface area (Å²) in [5.74, 6) is 0.00815. The highest BCUT2D eigenvalue weighted by Gasteiger charge is 2.40. The number of carbonyl (C=O) groups excluding carboxylic acids is 1. The summed E-state index contributed by atoms with van der Waals surface area (Å²) >= 11 is 0. The Labute approximate surface area is 121 Å². The van der Waals surface area contributed by atoms with Gasteiger partial charge in [-0.15, -0.1) is 0 Å². The van der Waals surface area contributed by atoms with Crippen molar-refractivity contribution in [3.63, 3.8) is 0 Å². The number of hydrogen-bond donors (Lipinski definition) is 1. The molecule has 0 saturated heterocycles. The van der Waals surface area contributed by atoms with Crippen LogP contribution in [0.1, 0.15) is 44.9 Å². The fourth-order valence-corrected chi connectivity index (χ4v) is 3.14. The normalized spacial score (nSPS) is 21.5. The summed E-state index contributed by atoms with van der Waals surface area (Å²) in [6.45, 7) is 0.950. The molecule has 0 unspecified atom stereocenters. The van der Waals surface area contributed by atoms with Gasteiger partial charge < -0.3 is 10.0 Å². The zero-order valence-electron chi connectivity index (χ0n) is 12.3. The van der Waals surface area contributed by atoms with Gasteiger partial charge in [0.2, 0.25) is 5.91 Å². The van der Waals surface area contributed by atoms with Crippen LogP contribution in [-0.4, -0.2) is 59.1 Å². The van der Waals surface area contributed by atoms with Crippen LogP contribution in [0.2, 0.25) is 0 Å². The fraction of sp³-hybridized carbons (Fsp3) is 0.867. The van der Waals surface area contributed by atoms with Crippen LogP contribution in [0.3, 0.4) is 0 Å². The van der Waals surface area contributed by atoms with E-state index in [2.05, 4.69) is 6.07 Å². The van der Waals surface area contributed by atoms with Gasteiger partial charge in [0.1, 0.15) is 5.54 Å². The Balaban J connectivity index is 1.97. The maximum atomic E-state index is 12.5. The number of aliphatic hydroxyl groups excluding tert-OH is 1. The predicted octanol–water partition coefficient (Wildman–Crippen LogP) is 1.13. The number of nitrogens with zero attached hydrogens (tertiary/aromatic N) is 3. The average molecular weight is 279 g/mol. The lowest BCUT2D eigenvalue weighted by Crippen LogP contribution is -2.53. The van der Waals surface area contributed by atoms with Crippen LogP contribution < -0.4 is 0 Å². The van der Waals surface area contributed by atoms with Gasteiger partial charge in [0, 0.05) is 19.6 Å². The van der Waals surface area contributed by atoms with Crippen molar-refractivity contribution in [1.82, 2.24) is 9.80 Å². The van der Waals surface area contributed by atoms with E-state index < -0.39 is 5.54 Å². The summed E-state index contributed by atoms with van der Waals surface area (Å²) in [7, 11) is 1.76. The van der Waals surface area contributed by atoms with Crippen molar-refractivity contribution in [2.45, 2.75) is 56.5 Å². The van der Waals surface area contributed by atoms with E-state index in [0.29, 0.717) is 19.1 Å². The molecule has 2 rings (SSSR count). The lowest BCUT2D eigenvalue weighted by Gasteiger charge is -2.39. The molecule has 1 N–H and O–H groups in total. The first-order chi connectivity index (χ1) is 9.63. The molecule has 2 aliphatic carbocycles. The summed E-state index contributed by atoms with van der Waals surface area (Å²) in [5.41, 5.74) is -0.607. The number of nitriles is 1. The fourth-order valence-electron chi connectivity index (χ4n) is 3.14. The van der Waals surface area contributed by atoms with Crippen molar-refractivity contribution in [2.75, 3.05) is 26.7 Å². The van der Waals surface area contributed by atoms with Crippen molar-refractivity contribution < 1.29 is 9.90 Å². The molecule has 0 heterocycles. The Morgan fingerprint density at radius 3 is 2.50 bits per heavy atom. The van der Waals surface area contributed by atoms with Crippen molar-refractivity contribution in [1.29, 1.82) is 5.26 Å². The minimum absolute atomic E-state index is 0.00815. The van der Waals surface area contributed by atoms with E-state index in [1.807, 2.05) is 4.90 Å². The molecule has 0 aromatic heterocycles. The number of carbonyl (C=O) groups is 1. The number of aliphatic hydroxyl groups is 1. The Bertz CT molecular complexity index is 381. The smallest absolute Gasteiger partial charge is 0.237 e. The summed E-state index contributed by atoms with van der Waals surface area (Å²) in [5, 5.41) is 18.6. The first kappa shape index (κ1) is 15.3. The first-order valence-corrected chi connectivity index (χ1v) is 7.66. The zero-order valence-corrected chi connectivity index (χ0v) is 12.3. The van der Waals surface area contributed by atoms with Crippen molar-refractivity contribution in [3.05, 3.63) is 0 Å². The Kier molecular flexibility index (Phi) is 5.00. The van der Waals surface area contributed by atoms with E-state index in [0.717, 1.165) is 44.9 Å². The van der Waals surface area contributed by atoms with Gasteiger partial charge in [-0.1, -0.05) is 19.3 Å². The van der Waals surface area contributed by atoms with E-state index >= 15 is 0 Å². The third-order valence-electron chi connectivity index (χ3n) is 4.69. The van der Waals surface area contributed by atoms with Gasteiger partial charge in [0.25, 0.3) is 0 Å². The van der Waals surface area contributed by atoms with Gasteiger partial charge in [-0.25, -0.2) is 0 Å². The second kappa shape index (κ2) is 6.55. The quantitative estimate of drug-likeness (QED) is 0.791. The molecule has 5 heteroatoms. The van der Waals surface area contributed by atoms with Gasteiger partial charge >= 0.3 is 0 Å². The Morgan fingerprint density at radius 2 is 2.00 bits per heavy atom. The minimum atomic E-state index is -0.607. The molecule has 1 amide bonds. The molecular weight excluding hydrogens is 254 g/mol. The summed E-state index contributed by atoms with van der Waals surface area (Å²) < 4.78 is 0. The number of rotatable bonds is 6. The SMILES string of the molecule is CN(C(=O)CN(CCO)C1CC1)C1(C#N)CCCCC1. The highest BCUT2D eigenvalue weighted by Crippen LogP contribution is 2.33. The van der Waals surface area contributed by atoms with Crippen LogP contribution >= 0.6 is 0 Å². The monoisotopic (exact) mass is 279 g/mol. The second-order valence-corrected chi connectivity index (χ2v) is 6.08. The molecule has 0 atom stereocenters.